The van der Waals surface area contributed by atoms with Crippen molar-refractivity contribution >= 4 is 0 Å². The van der Waals surface area contributed by atoms with E-state index in [0.29, 0.717) is 18.2 Å². The van der Waals surface area contributed by atoms with E-state index in [1.165, 1.54) is 0 Å². The molecule has 0 saturated carbocycles. The summed E-state index contributed by atoms with van der Waals surface area (Å²) in [6.45, 7) is 5.14. The van der Waals surface area contributed by atoms with E-state index in [1.807, 2.05) is 16.8 Å². The number of hydrogen-bond acceptors (Lipinski definition) is 5. The molecule has 0 radical (unpaired) electrons. The monoisotopic (exact) mass is 275 g/mol. The van der Waals surface area contributed by atoms with Crippen LogP contribution in [0.4, 0.5) is 0 Å². The van der Waals surface area contributed by atoms with Gasteiger partial charge in [-0.2, -0.15) is 5.10 Å². The Bertz CT molecular complexity index is 552. The average Bonchev–Trinajstić information content (AvgIpc) is 2.85. The quantitative estimate of drug-likeness (QED) is 0.866. The Balaban J connectivity index is 2.15. The summed E-state index contributed by atoms with van der Waals surface area (Å²) in [4.78, 5) is 8.47. The van der Waals surface area contributed by atoms with Crippen molar-refractivity contribution in [2.75, 3.05) is 7.11 Å². The van der Waals surface area contributed by atoms with Gasteiger partial charge in [-0.15, -0.1) is 0 Å². The minimum atomic E-state index is -0.214. The van der Waals surface area contributed by atoms with Crippen molar-refractivity contribution in [3.63, 3.8) is 0 Å². The summed E-state index contributed by atoms with van der Waals surface area (Å²) in [5, 5.41) is 4.25. The van der Waals surface area contributed by atoms with Crippen molar-refractivity contribution in [2.24, 2.45) is 11.7 Å². The summed E-state index contributed by atoms with van der Waals surface area (Å²) < 4.78 is 7.16. The zero-order chi connectivity index (χ0) is 14.5. The molecule has 2 N–H and O–H groups in total. The number of rotatable bonds is 6. The molecule has 1 unspecified atom stereocenters. The number of hydrogen-bond donors (Lipinski definition) is 1. The summed E-state index contributed by atoms with van der Waals surface area (Å²) in [7, 11) is 1.60. The number of methoxy groups -OCH3 is 1. The van der Waals surface area contributed by atoms with E-state index in [1.54, 1.807) is 19.6 Å². The van der Waals surface area contributed by atoms with Gasteiger partial charge in [0.1, 0.15) is 12.2 Å². The van der Waals surface area contributed by atoms with Gasteiger partial charge in [0.05, 0.1) is 7.11 Å². The van der Waals surface area contributed by atoms with Crippen molar-refractivity contribution in [1.82, 2.24) is 19.7 Å². The molecule has 0 bridgehead atoms. The molecule has 108 valence electrons. The zero-order valence-corrected chi connectivity index (χ0v) is 12.2. The second-order valence-corrected chi connectivity index (χ2v) is 5.16. The van der Waals surface area contributed by atoms with Crippen LogP contribution in [0.3, 0.4) is 0 Å². The number of pyridine rings is 1. The molecule has 2 heterocycles. The molecule has 20 heavy (non-hydrogen) atoms. The van der Waals surface area contributed by atoms with E-state index >= 15 is 0 Å². The average molecular weight is 275 g/mol. The second-order valence-electron chi connectivity index (χ2n) is 5.16. The van der Waals surface area contributed by atoms with Crippen LogP contribution in [0.5, 0.6) is 5.88 Å². The lowest BCUT2D eigenvalue weighted by Gasteiger charge is -2.15. The van der Waals surface area contributed by atoms with Gasteiger partial charge in [-0.1, -0.05) is 19.9 Å². The van der Waals surface area contributed by atoms with Gasteiger partial charge in [0.2, 0.25) is 5.88 Å². The molecule has 0 saturated heterocycles. The van der Waals surface area contributed by atoms with Crippen molar-refractivity contribution in [3.8, 4) is 5.88 Å². The lowest BCUT2D eigenvalue weighted by Crippen LogP contribution is -2.19. The van der Waals surface area contributed by atoms with Gasteiger partial charge >= 0.3 is 0 Å². The van der Waals surface area contributed by atoms with Gasteiger partial charge in [-0.25, -0.2) is 14.6 Å². The third-order valence-electron chi connectivity index (χ3n) is 3.03. The van der Waals surface area contributed by atoms with Crippen LogP contribution in [0.1, 0.15) is 31.3 Å². The molecule has 0 aliphatic carbocycles. The Kier molecular flexibility index (Phi) is 4.68. The third kappa shape index (κ3) is 3.33. The van der Waals surface area contributed by atoms with E-state index in [0.717, 1.165) is 17.9 Å². The number of nitrogens with zero attached hydrogens (tertiary/aromatic N) is 4. The van der Waals surface area contributed by atoms with Crippen LogP contribution in [0.2, 0.25) is 0 Å². The van der Waals surface area contributed by atoms with Crippen molar-refractivity contribution in [1.29, 1.82) is 0 Å². The van der Waals surface area contributed by atoms with Gasteiger partial charge < -0.3 is 10.5 Å². The van der Waals surface area contributed by atoms with Crippen molar-refractivity contribution < 1.29 is 4.74 Å². The summed E-state index contributed by atoms with van der Waals surface area (Å²) in [6.07, 6.45) is 3.87. The molecule has 0 aromatic carbocycles. The fourth-order valence-corrected chi connectivity index (χ4v) is 2.11. The first-order valence-electron chi connectivity index (χ1n) is 6.73. The van der Waals surface area contributed by atoms with Crippen LogP contribution in [0.15, 0.2) is 24.7 Å². The van der Waals surface area contributed by atoms with Crippen LogP contribution < -0.4 is 10.5 Å². The van der Waals surface area contributed by atoms with Crippen molar-refractivity contribution in [3.05, 3.63) is 36.0 Å². The predicted octanol–water partition coefficient (Wildman–Crippen LogP) is 1.58. The second kappa shape index (κ2) is 6.47. The van der Waals surface area contributed by atoms with Gasteiger partial charge in [-0.3, -0.25) is 0 Å². The maximum atomic E-state index is 6.26. The highest BCUT2D eigenvalue weighted by atomic mass is 16.5. The first-order chi connectivity index (χ1) is 9.61. The van der Waals surface area contributed by atoms with Crippen LogP contribution >= 0.6 is 0 Å². The number of aromatic nitrogens is 4. The van der Waals surface area contributed by atoms with Crippen molar-refractivity contribution in [2.45, 2.75) is 32.9 Å². The first kappa shape index (κ1) is 14.5. The highest BCUT2D eigenvalue weighted by Gasteiger charge is 2.16. The molecule has 6 nitrogen and oxygen atoms in total. The third-order valence-corrected chi connectivity index (χ3v) is 3.03. The standard InChI is InChI=1S/C14H21N5O/c1-10(2)8-19-13(17-9-18-19)7-12(15)11-5-4-6-16-14(11)20-3/h4-6,9-10,12H,7-8,15H2,1-3H3. The Hall–Kier alpha value is -1.95. The van der Waals surface area contributed by atoms with Crippen LogP contribution in [-0.4, -0.2) is 26.9 Å². The SMILES string of the molecule is COc1ncccc1C(N)Cc1ncnn1CC(C)C. The molecular formula is C14H21N5O. The minimum Gasteiger partial charge on any atom is -0.481 e. The molecule has 2 rings (SSSR count). The summed E-state index contributed by atoms with van der Waals surface area (Å²) in [5.41, 5.74) is 7.14. The molecule has 6 heteroatoms. The lowest BCUT2D eigenvalue weighted by molar-refractivity contribution is 0.387. The summed E-state index contributed by atoms with van der Waals surface area (Å²) in [5.74, 6) is 1.96. The van der Waals surface area contributed by atoms with Crippen LogP contribution in [0, 0.1) is 5.92 Å². The smallest absolute Gasteiger partial charge is 0.217 e. The molecule has 2 aromatic heterocycles. The molecule has 0 fully saturated rings. The lowest BCUT2D eigenvalue weighted by atomic mass is 10.1. The topological polar surface area (TPSA) is 78.8 Å². The van der Waals surface area contributed by atoms with Gasteiger partial charge in [0.25, 0.3) is 0 Å². The largest absolute Gasteiger partial charge is 0.481 e. The Labute approximate surface area is 119 Å². The van der Waals surface area contributed by atoms with Gasteiger partial charge in [-0.05, 0) is 12.0 Å². The fourth-order valence-electron chi connectivity index (χ4n) is 2.11. The fraction of sp³-hybridized carbons (Fsp3) is 0.500. The van der Waals surface area contributed by atoms with E-state index in [-0.39, 0.29) is 6.04 Å². The van der Waals surface area contributed by atoms with Gasteiger partial charge in [0, 0.05) is 30.8 Å². The molecule has 0 aliphatic heterocycles. The predicted molar refractivity (Wildman–Crippen MR) is 76.3 cm³/mol. The van der Waals surface area contributed by atoms with Gasteiger partial charge in [0.15, 0.2) is 0 Å². The highest BCUT2D eigenvalue weighted by Crippen LogP contribution is 2.23. The summed E-state index contributed by atoms with van der Waals surface area (Å²) in [6, 6.07) is 3.57. The molecule has 0 spiro atoms. The number of ether oxygens (including phenoxy) is 1. The normalized spacial score (nSPS) is 12.7. The molecular weight excluding hydrogens is 254 g/mol. The first-order valence-corrected chi connectivity index (χ1v) is 6.73. The minimum absolute atomic E-state index is 0.214. The van der Waals surface area contributed by atoms with E-state index in [2.05, 4.69) is 28.9 Å². The van der Waals surface area contributed by atoms with E-state index < -0.39 is 0 Å². The molecule has 0 amide bonds. The molecule has 0 aliphatic rings. The summed E-state index contributed by atoms with van der Waals surface area (Å²) >= 11 is 0. The Morgan fingerprint density at radius 3 is 2.85 bits per heavy atom. The number of nitrogens with two attached hydrogens (primary N) is 1. The van der Waals surface area contributed by atoms with Crippen LogP contribution in [-0.2, 0) is 13.0 Å². The zero-order valence-electron chi connectivity index (χ0n) is 12.2. The van der Waals surface area contributed by atoms with E-state index in [9.17, 15) is 0 Å². The highest BCUT2D eigenvalue weighted by molar-refractivity contribution is 5.29. The van der Waals surface area contributed by atoms with Crippen LogP contribution in [0.25, 0.3) is 0 Å². The molecule has 1 atom stereocenters. The Morgan fingerprint density at radius 1 is 1.35 bits per heavy atom. The maximum Gasteiger partial charge on any atom is 0.217 e. The Morgan fingerprint density at radius 2 is 2.15 bits per heavy atom. The molecule has 2 aromatic rings. The maximum absolute atomic E-state index is 6.26. The van der Waals surface area contributed by atoms with E-state index in [4.69, 9.17) is 10.5 Å².